The maximum Gasteiger partial charge on any atom is 0.410 e. The molecule has 21 nitrogen and oxygen atoms in total. The van der Waals surface area contributed by atoms with E-state index in [9.17, 15) is 10.2 Å². The van der Waals surface area contributed by atoms with Crippen LogP contribution in [0.3, 0.4) is 0 Å². The van der Waals surface area contributed by atoms with Gasteiger partial charge in [0.15, 0.2) is 29.3 Å². The second-order valence-corrected chi connectivity index (χ2v) is 27.7. The number of fused-ring (bicyclic) bond motifs is 3. The van der Waals surface area contributed by atoms with Gasteiger partial charge >= 0.3 is 6.09 Å². The average Bonchev–Trinajstić information content (AvgIpc) is 2.04. The second kappa shape index (κ2) is 26.6. The minimum atomic E-state index is -4.50. The minimum Gasteiger partial charge on any atom is -0.487 e. The molecule has 25 heteroatoms. The number of amides is 1. The van der Waals surface area contributed by atoms with Crippen molar-refractivity contribution in [3.8, 4) is 34.5 Å². The topological polar surface area (TPSA) is 244 Å². The van der Waals surface area contributed by atoms with Crippen molar-refractivity contribution in [2.45, 2.75) is 120 Å². The van der Waals surface area contributed by atoms with Gasteiger partial charge in [0, 0.05) is 49.1 Å². The Kier molecular flexibility index (Phi) is 17.7. The zero-order valence-electron chi connectivity index (χ0n) is 51.2. The summed E-state index contributed by atoms with van der Waals surface area (Å²) >= 11 is 2.52. The molecule has 0 radical (unpaired) electrons. The first-order valence-electron chi connectivity index (χ1n) is 29.5. The molecule has 4 aliphatic heterocycles. The van der Waals surface area contributed by atoms with Crippen molar-refractivity contribution in [2.75, 3.05) is 53.0 Å². The molecule has 0 bridgehead atoms. The molecule has 1 amide bonds. The number of hydrogen-bond acceptors (Lipinski definition) is 20. The summed E-state index contributed by atoms with van der Waals surface area (Å²) in [6.07, 6.45) is -6.43. The molecule has 452 valence electrons. The third-order valence-corrected chi connectivity index (χ3v) is 19.7. The van der Waals surface area contributed by atoms with E-state index in [0.717, 1.165) is 8.61 Å². The van der Waals surface area contributed by atoms with E-state index in [4.69, 9.17) is 48.1 Å². The van der Waals surface area contributed by atoms with Gasteiger partial charge in [0.05, 0.1) is 80.1 Å². The molecular formula is C59H71N5O16S4. The van der Waals surface area contributed by atoms with Crippen molar-refractivity contribution >= 4 is 48.8 Å². The van der Waals surface area contributed by atoms with E-state index in [2.05, 4.69) is 9.97 Å². The van der Waals surface area contributed by atoms with Crippen LogP contribution in [0, 0.1) is 31.6 Å². The zero-order valence-corrected chi connectivity index (χ0v) is 50.5. The molecular weight excluding hydrogens is 1160 g/mol. The van der Waals surface area contributed by atoms with Gasteiger partial charge in [-0.05, 0) is 105 Å². The molecule has 10 rings (SSSR count). The summed E-state index contributed by atoms with van der Waals surface area (Å²) < 4.78 is 149. The molecule has 6 aromatic rings. The number of carbonyl (C=O) groups excluding carboxylic acids is 1. The molecule has 0 aliphatic carbocycles. The number of hydrogen-bond donors (Lipinski definition) is 2. The Hall–Kier alpha value is -6.13. The number of aryl methyl sites for hydroxylation is 2. The van der Waals surface area contributed by atoms with Crippen LogP contribution >= 0.6 is 22.7 Å². The summed E-state index contributed by atoms with van der Waals surface area (Å²) in [4.78, 5) is 25.4. The third-order valence-electron chi connectivity index (χ3n) is 14.5. The lowest BCUT2D eigenvalue weighted by atomic mass is 9.93. The van der Waals surface area contributed by atoms with Crippen LogP contribution in [-0.4, -0.2) is 146 Å². The van der Waals surface area contributed by atoms with Gasteiger partial charge in [-0.15, -0.1) is 22.7 Å². The zero-order chi connectivity index (χ0) is 62.9. The number of benzene rings is 4. The SMILES string of the molecule is [2H]C([2H])(Oc1ccc(C[C@@H]([C@H](O)CN(CC(C)C)S(=O)(=O)c2ccc3c(c2)OCO3)N(C(=O)O[C@H]2CO[C@H]3OCC[C@H]32)[C@@H](Cc2ccc(OC([2H])([2H])c3csc(C)n3)cc2)[C@H](O)CN(CC(C)C)S(=O)(=O)c2ccc3c(c2)OCO3)cc1)c1csc(C)n1. The standard InChI is InChI=1S/C59H71N5O16S4/c1-36(2)25-62(83(68,69)46-15-17-53-55(23-46)78-34-76-53)27-51(65)49(21-40-7-11-44(12-8-40)73-29-42-32-81-38(5)60-42)64(59(67)80-57-31-75-58-48(57)19-20-72-58)50(22-41-9-13-45(14-10-41)74-30-43-33-82-39(6)61-43)52(66)28-63(26-37(3)4)84(70,71)47-16-18-54-56(24-47)79-35-77-54/h7-18,23-24,32-33,36-37,48-52,57-58,65-66H,19-22,25-31,34-35H2,1-6H3/t48-,49-,50-,51+,52+,57-,58+/m0/s1/i29D2,30D2. The smallest absolute Gasteiger partial charge is 0.410 e. The number of aliphatic hydroxyl groups excluding tert-OH is 2. The fourth-order valence-corrected chi connectivity index (χ4v) is 14.7. The van der Waals surface area contributed by atoms with Gasteiger partial charge in [0.25, 0.3) is 0 Å². The molecule has 0 unspecified atom stereocenters. The third kappa shape index (κ3) is 14.6. The van der Waals surface area contributed by atoms with Crippen molar-refractivity contribution in [3.63, 3.8) is 0 Å². The van der Waals surface area contributed by atoms with Crippen molar-refractivity contribution in [1.82, 2.24) is 23.5 Å². The Bertz CT molecular complexity index is 3420. The van der Waals surface area contributed by atoms with Gasteiger partial charge in [-0.3, -0.25) is 4.90 Å². The van der Waals surface area contributed by atoms with E-state index in [0.29, 0.717) is 45.7 Å². The number of nitrogens with zero attached hydrogens (tertiary/aromatic N) is 5. The quantitative estimate of drug-likeness (QED) is 0.0496. The lowest BCUT2D eigenvalue weighted by Gasteiger charge is -2.43. The van der Waals surface area contributed by atoms with Gasteiger partial charge < -0.3 is 52.8 Å². The summed E-state index contributed by atoms with van der Waals surface area (Å²) in [6, 6.07) is 17.7. The Morgan fingerprint density at radius 1 is 0.655 bits per heavy atom. The fraction of sp³-hybridized carbons (Fsp3) is 0.475. The summed E-state index contributed by atoms with van der Waals surface area (Å²) in [7, 11) is -8.99. The van der Waals surface area contributed by atoms with Crippen LogP contribution in [0.15, 0.2) is 105 Å². The van der Waals surface area contributed by atoms with Crippen LogP contribution in [0.1, 0.15) is 72.1 Å². The number of aliphatic hydroxyl groups is 2. The maximum atomic E-state index is 16.0. The van der Waals surface area contributed by atoms with E-state index in [-0.39, 0.29) is 102 Å². The Balaban J connectivity index is 1.09. The van der Waals surface area contributed by atoms with E-state index in [1.807, 2.05) is 0 Å². The van der Waals surface area contributed by atoms with Crippen LogP contribution in [0.5, 0.6) is 34.5 Å². The summed E-state index contributed by atoms with van der Waals surface area (Å²) in [6.45, 7) is 4.48. The normalized spacial score (nSPS) is 19.8. The van der Waals surface area contributed by atoms with Crippen LogP contribution in [0.25, 0.3) is 0 Å². The van der Waals surface area contributed by atoms with Crippen molar-refractivity contribution < 1.29 is 80.0 Å². The van der Waals surface area contributed by atoms with Crippen molar-refractivity contribution in [1.29, 1.82) is 0 Å². The van der Waals surface area contributed by atoms with Crippen molar-refractivity contribution in [2.24, 2.45) is 17.8 Å². The Morgan fingerprint density at radius 3 is 1.54 bits per heavy atom. The largest absolute Gasteiger partial charge is 0.487 e. The number of carbonyl (C=O) groups is 1. The number of rotatable bonds is 27. The van der Waals surface area contributed by atoms with Crippen LogP contribution < -0.4 is 28.4 Å². The van der Waals surface area contributed by atoms with E-state index in [1.54, 1.807) is 76.6 Å². The van der Waals surface area contributed by atoms with Gasteiger partial charge in [0.2, 0.25) is 33.6 Å². The summed E-state index contributed by atoms with van der Waals surface area (Å²) in [5.74, 6) is 0.228. The molecule has 0 saturated carbocycles. The molecule has 4 aliphatic rings. The Morgan fingerprint density at radius 2 is 1.11 bits per heavy atom. The number of thiazole rings is 2. The second-order valence-electron chi connectivity index (χ2n) is 21.7. The highest BCUT2D eigenvalue weighted by Gasteiger charge is 2.48. The molecule has 2 fully saturated rings. The van der Waals surface area contributed by atoms with E-state index >= 15 is 21.6 Å². The van der Waals surface area contributed by atoms with E-state index < -0.39 is 95.0 Å². The first kappa shape index (κ1) is 55.7. The molecule has 4 aromatic carbocycles. The van der Waals surface area contributed by atoms with Gasteiger partial charge in [0.1, 0.15) is 30.7 Å². The van der Waals surface area contributed by atoms with Crippen molar-refractivity contribution in [3.05, 3.63) is 128 Å². The Labute approximate surface area is 503 Å². The number of ether oxygens (including phenoxy) is 9. The lowest BCUT2D eigenvalue weighted by molar-refractivity contribution is -0.0908. The average molecular weight is 1240 g/mol. The minimum absolute atomic E-state index is 0.0650. The van der Waals surface area contributed by atoms with Gasteiger partial charge in [-0.2, -0.15) is 8.61 Å². The highest BCUT2D eigenvalue weighted by Crippen LogP contribution is 2.38. The predicted molar refractivity (Wildman–Crippen MR) is 310 cm³/mol. The summed E-state index contributed by atoms with van der Waals surface area (Å²) in [5.41, 5.74) is 0.978. The van der Waals surface area contributed by atoms with E-state index in [1.165, 1.54) is 88.2 Å². The first-order chi connectivity index (χ1) is 41.7. The molecule has 2 N–H and O–H groups in total. The monoisotopic (exact) mass is 1240 g/mol. The molecule has 2 aromatic heterocycles. The molecule has 2 saturated heterocycles. The fourth-order valence-electron chi connectivity index (χ4n) is 10.4. The maximum absolute atomic E-state index is 16.0. The van der Waals surface area contributed by atoms with Crippen LogP contribution in [-0.2, 0) is 60.2 Å². The predicted octanol–water partition coefficient (Wildman–Crippen LogP) is 7.97. The lowest BCUT2D eigenvalue weighted by Crippen LogP contribution is -2.61. The van der Waals surface area contributed by atoms with Crippen LogP contribution in [0.2, 0.25) is 0 Å². The highest BCUT2D eigenvalue weighted by atomic mass is 32.2. The van der Waals surface area contributed by atoms with Crippen LogP contribution in [0.4, 0.5) is 4.79 Å². The first-order valence-corrected chi connectivity index (χ1v) is 32.2. The number of sulfonamides is 2. The molecule has 6 heterocycles. The van der Waals surface area contributed by atoms with Gasteiger partial charge in [-0.1, -0.05) is 52.0 Å². The van der Waals surface area contributed by atoms with Gasteiger partial charge in [-0.25, -0.2) is 31.6 Å². The highest BCUT2D eigenvalue weighted by molar-refractivity contribution is 7.89. The summed E-state index contributed by atoms with van der Waals surface area (Å²) in [5, 5.41) is 31.0. The molecule has 7 atom stereocenters. The molecule has 84 heavy (non-hydrogen) atoms. The molecule has 0 spiro atoms. The number of aromatic nitrogens is 2.